The quantitative estimate of drug-likeness (QED) is 0.540. The molecule has 26 heavy (non-hydrogen) atoms. The zero-order valence-corrected chi connectivity index (χ0v) is 15.0. The topological polar surface area (TPSA) is 34.1 Å². The molecule has 0 aliphatic heterocycles. The first kappa shape index (κ1) is 16.8. The number of ketones is 2. The minimum Gasteiger partial charge on any atom is -0.288 e. The van der Waals surface area contributed by atoms with Gasteiger partial charge >= 0.3 is 0 Å². The number of fused-ring (bicyclic) bond motifs is 1. The standard InChI is InChI=1S/C22H12Cl2O2/c23-19-20(24)22(26)18-12-16(14-9-5-2-6-10-14)15(11-17(18)21(19)25)13-7-3-1-4-8-13/h1-12H. The third kappa shape index (κ3) is 2.68. The molecule has 4 heteroatoms. The highest BCUT2D eigenvalue weighted by Gasteiger charge is 2.32. The number of rotatable bonds is 2. The number of hydrogen-bond donors (Lipinski definition) is 0. The summed E-state index contributed by atoms with van der Waals surface area (Å²) in [5.41, 5.74) is 4.18. The van der Waals surface area contributed by atoms with Crippen LogP contribution in [0.2, 0.25) is 0 Å². The molecule has 0 radical (unpaired) electrons. The highest BCUT2D eigenvalue weighted by molar-refractivity contribution is 6.59. The molecule has 3 aromatic carbocycles. The van der Waals surface area contributed by atoms with Gasteiger partial charge in [-0.25, -0.2) is 0 Å². The molecule has 0 saturated carbocycles. The number of carbonyl (C=O) groups excluding carboxylic acids is 2. The van der Waals surface area contributed by atoms with Crippen molar-refractivity contribution in [3.05, 3.63) is 94.0 Å². The Morgan fingerprint density at radius 2 is 0.846 bits per heavy atom. The van der Waals surface area contributed by atoms with Crippen LogP contribution in [-0.4, -0.2) is 11.6 Å². The molecule has 3 aromatic rings. The number of allylic oxidation sites excluding steroid dienone is 2. The largest absolute Gasteiger partial charge is 0.288 e. The summed E-state index contributed by atoms with van der Waals surface area (Å²) in [5.74, 6) is -0.855. The van der Waals surface area contributed by atoms with E-state index in [0.717, 1.165) is 22.3 Å². The summed E-state index contributed by atoms with van der Waals surface area (Å²) in [5, 5.41) is -0.453. The van der Waals surface area contributed by atoms with E-state index in [1.54, 1.807) is 12.1 Å². The Balaban J connectivity index is 2.04. The zero-order valence-electron chi connectivity index (χ0n) is 13.5. The molecule has 0 fully saturated rings. The lowest BCUT2D eigenvalue weighted by Crippen LogP contribution is -2.18. The minimum absolute atomic E-state index is 0.226. The van der Waals surface area contributed by atoms with Crippen molar-refractivity contribution in [3.63, 3.8) is 0 Å². The molecule has 0 bridgehead atoms. The molecule has 0 unspecified atom stereocenters. The van der Waals surface area contributed by atoms with Gasteiger partial charge in [0.05, 0.1) is 0 Å². The maximum atomic E-state index is 12.6. The molecular formula is C22H12Cl2O2. The third-order valence-corrected chi connectivity index (χ3v) is 5.23. The number of benzene rings is 3. The first-order valence-electron chi connectivity index (χ1n) is 8.01. The van der Waals surface area contributed by atoms with Crippen molar-refractivity contribution in [1.29, 1.82) is 0 Å². The van der Waals surface area contributed by atoms with E-state index in [0.29, 0.717) is 0 Å². The molecule has 0 N–H and O–H groups in total. The van der Waals surface area contributed by atoms with Crippen molar-refractivity contribution in [3.8, 4) is 22.3 Å². The van der Waals surface area contributed by atoms with Gasteiger partial charge in [0, 0.05) is 11.1 Å². The summed E-state index contributed by atoms with van der Waals surface area (Å²) >= 11 is 11.9. The van der Waals surface area contributed by atoms with Crippen molar-refractivity contribution in [2.75, 3.05) is 0 Å². The lowest BCUT2D eigenvalue weighted by Gasteiger charge is -2.19. The molecule has 0 saturated heterocycles. The number of Topliss-reactive ketones (excluding diaryl/α,β-unsaturated/α-hetero) is 2. The summed E-state index contributed by atoms with van der Waals surface area (Å²) in [6.45, 7) is 0. The molecule has 1 aliphatic rings. The first-order valence-corrected chi connectivity index (χ1v) is 8.77. The molecule has 0 atom stereocenters. The smallest absolute Gasteiger partial charge is 0.206 e. The van der Waals surface area contributed by atoms with Gasteiger partial charge in [-0.15, -0.1) is 0 Å². The van der Waals surface area contributed by atoms with E-state index in [1.165, 1.54) is 0 Å². The lowest BCUT2D eigenvalue weighted by molar-refractivity contribution is 0.0987. The average molecular weight is 379 g/mol. The predicted molar refractivity (Wildman–Crippen MR) is 105 cm³/mol. The van der Waals surface area contributed by atoms with Crippen LogP contribution >= 0.6 is 23.2 Å². The zero-order chi connectivity index (χ0) is 18.3. The number of halogens is 2. The van der Waals surface area contributed by atoms with E-state index in [9.17, 15) is 9.59 Å². The lowest BCUT2D eigenvalue weighted by atomic mass is 9.85. The van der Waals surface area contributed by atoms with Gasteiger partial charge in [0.15, 0.2) is 0 Å². The van der Waals surface area contributed by atoms with Crippen LogP contribution in [0, 0.1) is 0 Å². The van der Waals surface area contributed by atoms with Crippen LogP contribution in [-0.2, 0) is 0 Å². The fourth-order valence-corrected chi connectivity index (χ4v) is 3.50. The Labute approximate surface area is 160 Å². The van der Waals surface area contributed by atoms with Gasteiger partial charge in [-0.2, -0.15) is 0 Å². The number of carbonyl (C=O) groups is 2. The molecule has 2 nitrogen and oxygen atoms in total. The maximum absolute atomic E-state index is 12.6. The SMILES string of the molecule is O=C1C(Cl)=C(Cl)C(=O)c2cc(-c3ccccc3)c(-c3ccccc3)cc21. The summed E-state index contributed by atoms with van der Waals surface area (Å²) in [7, 11) is 0. The van der Waals surface area contributed by atoms with Crippen LogP contribution in [0.1, 0.15) is 20.7 Å². The van der Waals surface area contributed by atoms with E-state index in [-0.39, 0.29) is 21.2 Å². The Kier molecular flexibility index (Phi) is 4.23. The van der Waals surface area contributed by atoms with Crippen molar-refractivity contribution in [2.24, 2.45) is 0 Å². The first-order chi connectivity index (χ1) is 12.6. The van der Waals surface area contributed by atoms with Gasteiger partial charge in [-0.3, -0.25) is 9.59 Å². The van der Waals surface area contributed by atoms with Gasteiger partial charge < -0.3 is 0 Å². The highest BCUT2D eigenvalue weighted by Crippen LogP contribution is 2.39. The second kappa shape index (κ2) is 6.56. The third-order valence-electron chi connectivity index (χ3n) is 4.41. The van der Waals surface area contributed by atoms with Crippen LogP contribution < -0.4 is 0 Å². The number of hydrogen-bond acceptors (Lipinski definition) is 2. The van der Waals surface area contributed by atoms with Crippen molar-refractivity contribution in [2.45, 2.75) is 0 Å². The summed E-state index contributed by atoms with van der Waals surface area (Å²) in [6.07, 6.45) is 0. The van der Waals surface area contributed by atoms with Crippen LogP contribution in [0.5, 0.6) is 0 Å². The van der Waals surface area contributed by atoms with Crippen molar-refractivity contribution in [1.82, 2.24) is 0 Å². The molecule has 0 amide bonds. The molecule has 126 valence electrons. The van der Waals surface area contributed by atoms with E-state index < -0.39 is 11.6 Å². The van der Waals surface area contributed by atoms with Crippen molar-refractivity contribution >= 4 is 34.8 Å². The Hall–Kier alpha value is -2.68. The van der Waals surface area contributed by atoms with E-state index in [2.05, 4.69) is 0 Å². The fourth-order valence-electron chi connectivity index (χ4n) is 3.12. The fraction of sp³-hybridized carbons (Fsp3) is 0. The predicted octanol–water partition coefficient (Wildman–Crippen LogP) is 6.09. The van der Waals surface area contributed by atoms with Crippen LogP contribution in [0.25, 0.3) is 22.3 Å². The van der Waals surface area contributed by atoms with Gasteiger partial charge in [0.25, 0.3) is 0 Å². The normalized spacial score (nSPS) is 13.8. The molecule has 0 spiro atoms. The Morgan fingerprint density at radius 3 is 1.19 bits per heavy atom. The van der Waals surface area contributed by atoms with E-state index in [4.69, 9.17) is 23.2 Å². The second-order valence-corrected chi connectivity index (χ2v) is 6.72. The summed E-state index contributed by atoms with van der Waals surface area (Å²) in [6, 6.07) is 22.9. The van der Waals surface area contributed by atoms with Crippen LogP contribution in [0.4, 0.5) is 0 Å². The second-order valence-electron chi connectivity index (χ2n) is 5.96. The summed E-state index contributed by atoms with van der Waals surface area (Å²) in [4.78, 5) is 25.2. The molecular weight excluding hydrogens is 367 g/mol. The molecule has 0 heterocycles. The van der Waals surface area contributed by atoms with Crippen LogP contribution in [0.15, 0.2) is 82.9 Å². The molecule has 4 rings (SSSR count). The molecule has 0 aromatic heterocycles. The Morgan fingerprint density at radius 1 is 0.500 bits per heavy atom. The minimum atomic E-state index is -0.428. The molecule has 1 aliphatic carbocycles. The maximum Gasteiger partial charge on any atom is 0.206 e. The van der Waals surface area contributed by atoms with Gasteiger partial charge in [-0.05, 0) is 34.4 Å². The summed E-state index contributed by atoms with van der Waals surface area (Å²) < 4.78 is 0. The monoisotopic (exact) mass is 378 g/mol. The van der Waals surface area contributed by atoms with Gasteiger partial charge in [-0.1, -0.05) is 83.9 Å². The van der Waals surface area contributed by atoms with E-state index in [1.807, 2.05) is 60.7 Å². The van der Waals surface area contributed by atoms with Gasteiger partial charge in [0.2, 0.25) is 11.6 Å². The van der Waals surface area contributed by atoms with Gasteiger partial charge in [0.1, 0.15) is 10.1 Å². The Bertz CT molecular complexity index is 982. The van der Waals surface area contributed by atoms with Crippen molar-refractivity contribution < 1.29 is 9.59 Å². The average Bonchev–Trinajstić information content (AvgIpc) is 2.71. The highest BCUT2D eigenvalue weighted by atomic mass is 35.5. The van der Waals surface area contributed by atoms with E-state index >= 15 is 0 Å². The van der Waals surface area contributed by atoms with Crippen LogP contribution in [0.3, 0.4) is 0 Å².